The van der Waals surface area contributed by atoms with Gasteiger partial charge in [-0.05, 0) is 17.7 Å². The summed E-state index contributed by atoms with van der Waals surface area (Å²) in [6, 6.07) is 6.90. The molecular weight excluding hydrogens is 310 g/mol. The van der Waals surface area contributed by atoms with Gasteiger partial charge in [-0.3, -0.25) is 4.79 Å². The molecule has 5 nitrogen and oxygen atoms in total. The van der Waals surface area contributed by atoms with E-state index in [4.69, 9.17) is 10.5 Å². The number of carbonyl (C=O) groups is 1. The van der Waals surface area contributed by atoms with Crippen LogP contribution in [0, 0.1) is 0 Å². The Morgan fingerprint density at radius 3 is 3.05 bits per heavy atom. The normalized spacial score (nSPS) is 12.1. The number of nitrogens with one attached hydrogen (secondary N) is 1. The Morgan fingerprint density at radius 2 is 2.37 bits per heavy atom. The van der Waals surface area contributed by atoms with Gasteiger partial charge in [0.05, 0.1) is 6.33 Å². The third-order valence-corrected chi connectivity index (χ3v) is 3.06. The fourth-order valence-corrected chi connectivity index (χ4v) is 2.05. The van der Waals surface area contributed by atoms with Gasteiger partial charge in [0.2, 0.25) is 0 Å². The fourth-order valence-electron chi connectivity index (χ4n) is 1.60. The number of aromatic amines is 1. The summed E-state index contributed by atoms with van der Waals surface area (Å²) in [4.78, 5) is 18.5. The summed E-state index contributed by atoms with van der Waals surface area (Å²) in [6.07, 6.45) is 3.58. The van der Waals surface area contributed by atoms with Crippen molar-refractivity contribution in [1.29, 1.82) is 0 Å². The first-order valence-corrected chi connectivity index (χ1v) is 6.58. The molecule has 0 bridgehead atoms. The van der Waals surface area contributed by atoms with Crippen LogP contribution in [-0.4, -0.2) is 22.0 Å². The van der Waals surface area contributed by atoms with E-state index in [0.717, 1.165) is 15.7 Å². The molecule has 100 valence electrons. The first kappa shape index (κ1) is 13.8. The van der Waals surface area contributed by atoms with Gasteiger partial charge in [-0.1, -0.05) is 28.1 Å². The smallest absolute Gasteiger partial charge is 0.323 e. The summed E-state index contributed by atoms with van der Waals surface area (Å²) in [5, 5.41) is 0. The average molecular weight is 324 g/mol. The molecule has 0 unspecified atom stereocenters. The summed E-state index contributed by atoms with van der Waals surface area (Å²) < 4.78 is 6.12. The standard InChI is InChI=1S/C13H14BrN3O2/c14-10-3-1-2-9(4-10)7-19-13(18)12(15)5-11-6-16-8-17-11/h1-4,6,8,12H,5,7,15H2,(H,16,17)/t12-/m0/s1. The Kier molecular flexibility index (Phi) is 4.70. The van der Waals surface area contributed by atoms with Gasteiger partial charge in [-0.25, -0.2) is 4.98 Å². The van der Waals surface area contributed by atoms with Crippen molar-refractivity contribution in [2.75, 3.05) is 0 Å². The number of rotatable bonds is 5. The zero-order chi connectivity index (χ0) is 13.7. The fraction of sp³-hybridized carbons (Fsp3) is 0.231. The monoisotopic (exact) mass is 323 g/mol. The van der Waals surface area contributed by atoms with E-state index in [1.165, 1.54) is 0 Å². The predicted molar refractivity (Wildman–Crippen MR) is 74.2 cm³/mol. The number of ether oxygens (including phenoxy) is 1. The van der Waals surface area contributed by atoms with E-state index >= 15 is 0 Å². The van der Waals surface area contributed by atoms with Crippen molar-refractivity contribution >= 4 is 21.9 Å². The minimum Gasteiger partial charge on any atom is -0.460 e. The SMILES string of the molecule is N[C@@H](Cc1cnc[nH]1)C(=O)OCc1cccc(Br)c1. The predicted octanol–water partition coefficient (Wildman–Crippen LogP) is 1.79. The Hall–Kier alpha value is -1.66. The molecule has 0 spiro atoms. The number of imidazole rings is 1. The summed E-state index contributed by atoms with van der Waals surface area (Å²) in [6.45, 7) is 0.217. The van der Waals surface area contributed by atoms with Crippen molar-refractivity contribution in [2.24, 2.45) is 5.73 Å². The highest BCUT2D eigenvalue weighted by Gasteiger charge is 2.16. The number of hydrogen-bond acceptors (Lipinski definition) is 4. The van der Waals surface area contributed by atoms with Crippen LogP contribution in [0.5, 0.6) is 0 Å². The summed E-state index contributed by atoms with van der Waals surface area (Å²) in [7, 11) is 0. The van der Waals surface area contributed by atoms with E-state index in [1.807, 2.05) is 24.3 Å². The van der Waals surface area contributed by atoms with Crippen LogP contribution in [0.2, 0.25) is 0 Å². The number of nitrogens with zero attached hydrogens (tertiary/aromatic N) is 1. The van der Waals surface area contributed by atoms with Crippen LogP contribution in [0.25, 0.3) is 0 Å². The Balaban J connectivity index is 1.84. The van der Waals surface area contributed by atoms with Crippen molar-refractivity contribution in [2.45, 2.75) is 19.1 Å². The molecular formula is C13H14BrN3O2. The topological polar surface area (TPSA) is 81.0 Å². The maximum Gasteiger partial charge on any atom is 0.323 e. The second-order valence-corrected chi connectivity index (χ2v) is 5.04. The van der Waals surface area contributed by atoms with Gasteiger partial charge in [0.15, 0.2) is 0 Å². The number of aromatic nitrogens is 2. The highest BCUT2D eigenvalue weighted by molar-refractivity contribution is 9.10. The van der Waals surface area contributed by atoms with Gasteiger partial charge in [0.25, 0.3) is 0 Å². The van der Waals surface area contributed by atoms with E-state index in [-0.39, 0.29) is 6.61 Å². The summed E-state index contributed by atoms with van der Waals surface area (Å²) in [5.74, 6) is -0.422. The third kappa shape index (κ3) is 4.18. The van der Waals surface area contributed by atoms with Gasteiger partial charge in [0.1, 0.15) is 12.6 Å². The van der Waals surface area contributed by atoms with Crippen molar-refractivity contribution in [1.82, 2.24) is 9.97 Å². The molecule has 0 saturated heterocycles. The molecule has 6 heteroatoms. The second kappa shape index (κ2) is 6.49. The van der Waals surface area contributed by atoms with Crippen LogP contribution >= 0.6 is 15.9 Å². The lowest BCUT2D eigenvalue weighted by Crippen LogP contribution is -2.34. The molecule has 3 N–H and O–H groups in total. The molecule has 1 aromatic carbocycles. The zero-order valence-corrected chi connectivity index (χ0v) is 11.8. The largest absolute Gasteiger partial charge is 0.460 e. The zero-order valence-electron chi connectivity index (χ0n) is 10.2. The molecule has 1 heterocycles. The molecule has 19 heavy (non-hydrogen) atoms. The maximum absolute atomic E-state index is 11.7. The molecule has 0 aliphatic heterocycles. The molecule has 0 saturated carbocycles. The van der Waals surface area contributed by atoms with E-state index in [1.54, 1.807) is 12.5 Å². The van der Waals surface area contributed by atoms with Gasteiger partial charge in [0, 0.05) is 22.8 Å². The molecule has 0 radical (unpaired) electrons. The molecule has 0 amide bonds. The third-order valence-electron chi connectivity index (χ3n) is 2.57. The van der Waals surface area contributed by atoms with Crippen LogP contribution in [0.3, 0.4) is 0 Å². The minimum atomic E-state index is -0.687. The van der Waals surface area contributed by atoms with E-state index in [2.05, 4.69) is 25.9 Å². The van der Waals surface area contributed by atoms with Crippen molar-refractivity contribution in [3.8, 4) is 0 Å². The van der Waals surface area contributed by atoms with Crippen LogP contribution in [0.4, 0.5) is 0 Å². The lowest BCUT2D eigenvalue weighted by Gasteiger charge is -2.10. The molecule has 0 fully saturated rings. The lowest BCUT2D eigenvalue weighted by atomic mass is 10.2. The van der Waals surface area contributed by atoms with Crippen LogP contribution < -0.4 is 5.73 Å². The average Bonchev–Trinajstić information content (AvgIpc) is 2.89. The Bertz CT molecular complexity index is 543. The maximum atomic E-state index is 11.7. The first-order chi connectivity index (χ1) is 9.15. The number of nitrogens with two attached hydrogens (primary N) is 1. The van der Waals surface area contributed by atoms with Crippen molar-refractivity contribution in [3.63, 3.8) is 0 Å². The van der Waals surface area contributed by atoms with E-state index in [9.17, 15) is 4.79 Å². The Morgan fingerprint density at radius 1 is 1.53 bits per heavy atom. The molecule has 0 aliphatic rings. The van der Waals surface area contributed by atoms with Gasteiger partial charge < -0.3 is 15.5 Å². The van der Waals surface area contributed by atoms with Crippen molar-refractivity contribution in [3.05, 3.63) is 52.5 Å². The lowest BCUT2D eigenvalue weighted by molar-refractivity contribution is -0.146. The number of halogens is 1. The Labute approximate surface area is 119 Å². The minimum absolute atomic E-state index is 0.217. The van der Waals surface area contributed by atoms with Crippen LogP contribution in [-0.2, 0) is 22.6 Å². The van der Waals surface area contributed by atoms with E-state index < -0.39 is 12.0 Å². The van der Waals surface area contributed by atoms with Gasteiger partial charge in [-0.2, -0.15) is 0 Å². The second-order valence-electron chi connectivity index (χ2n) is 4.13. The summed E-state index contributed by atoms with van der Waals surface area (Å²) in [5.41, 5.74) is 7.50. The van der Waals surface area contributed by atoms with E-state index in [0.29, 0.717) is 6.42 Å². The number of H-pyrrole nitrogens is 1. The van der Waals surface area contributed by atoms with Crippen LogP contribution in [0.15, 0.2) is 41.3 Å². The molecule has 0 aliphatic carbocycles. The molecule has 1 atom stereocenters. The molecule has 2 rings (SSSR count). The highest BCUT2D eigenvalue weighted by Crippen LogP contribution is 2.12. The first-order valence-electron chi connectivity index (χ1n) is 5.79. The number of esters is 1. The molecule has 1 aromatic heterocycles. The number of hydrogen-bond donors (Lipinski definition) is 2. The molecule has 2 aromatic rings. The van der Waals surface area contributed by atoms with Crippen LogP contribution in [0.1, 0.15) is 11.3 Å². The number of carbonyl (C=O) groups excluding carboxylic acids is 1. The van der Waals surface area contributed by atoms with Gasteiger partial charge in [-0.15, -0.1) is 0 Å². The van der Waals surface area contributed by atoms with Crippen molar-refractivity contribution < 1.29 is 9.53 Å². The van der Waals surface area contributed by atoms with Gasteiger partial charge >= 0.3 is 5.97 Å². The number of benzene rings is 1. The summed E-state index contributed by atoms with van der Waals surface area (Å²) >= 11 is 3.36. The highest BCUT2D eigenvalue weighted by atomic mass is 79.9. The quantitative estimate of drug-likeness (QED) is 0.822.